The van der Waals surface area contributed by atoms with E-state index in [2.05, 4.69) is 17.6 Å². The molecule has 3 N–H and O–H groups in total. The minimum atomic E-state index is -0.987. The number of aliphatic carboxylic acids is 1. The molecule has 1 saturated carbocycles. The summed E-state index contributed by atoms with van der Waals surface area (Å²) in [6.45, 7) is 4.65. The zero-order chi connectivity index (χ0) is 14.3. The van der Waals surface area contributed by atoms with Gasteiger partial charge in [-0.15, -0.1) is 0 Å². The van der Waals surface area contributed by atoms with Gasteiger partial charge < -0.3 is 15.7 Å². The Balaban J connectivity index is 2.17. The lowest BCUT2D eigenvalue weighted by Crippen LogP contribution is -2.46. The summed E-state index contributed by atoms with van der Waals surface area (Å²) in [6, 6.07) is -1.17. The first-order chi connectivity index (χ1) is 9.02. The highest BCUT2D eigenvalue weighted by Gasteiger charge is 2.20. The Kier molecular flexibility index (Phi) is 6.67. The molecule has 19 heavy (non-hydrogen) atoms. The van der Waals surface area contributed by atoms with E-state index in [9.17, 15) is 9.59 Å². The van der Waals surface area contributed by atoms with Crippen molar-refractivity contribution in [3.05, 3.63) is 0 Å². The van der Waals surface area contributed by atoms with Crippen molar-refractivity contribution < 1.29 is 14.7 Å². The Hall–Kier alpha value is -1.26. The molecule has 0 aromatic carbocycles. The summed E-state index contributed by atoms with van der Waals surface area (Å²) in [5, 5.41) is 14.1. The average molecular weight is 270 g/mol. The van der Waals surface area contributed by atoms with Gasteiger partial charge in [0.1, 0.15) is 6.04 Å². The van der Waals surface area contributed by atoms with Gasteiger partial charge in [-0.2, -0.15) is 0 Å². The van der Waals surface area contributed by atoms with Gasteiger partial charge in [-0.05, 0) is 31.1 Å². The van der Waals surface area contributed by atoms with Crippen LogP contribution in [0.5, 0.6) is 0 Å². The van der Waals surface area contributed by atoms with Crippen LogP contribution in [0.25, 0.3) is 0 Å². The molecule has 2 amide bonds. The standard InChI is InChI=1S/C14H26N2O3/c1-3-12(13(17)18)16-14(19)15-8-7-11-6-4-5-10(2)9-11/h10-12H,3-9H2,1-2H3,(H,17,18)(H2,15,16,19). The van der Waals surface area contributed by atoms with Crippen molar-refractivity contribution in [3.8, 4) is 0 Å². The highest BCUT2D eigenvalue weighted by atomic mass is 16.4. The van der Waals surface area contributed by atoms with Gasteiger partial charge in [0.2, 0.25) is 0 Å². The number of hydrogen-bond donors (Lipinski definition) is 3. The minimum Gasteiger partial charge on any atom is -0.480 e. The Morgan fingerprint density at radius 3 is 2.68 bits per heavy atom. The van der Waals surface area contributed by atoms with Crippen LogP contribution in [-0.4, -0.2) is 29.7 Å². The molecule has 0 aliphatic heterocycles. The first kappa shape index (κ1) is 15.8. The van der Waals surface area contributed by atoms with Crippen LogP contribution in [0.15, 0.2) is 0 Å². The van der Waals surface area contributed by atoms with Crippen molar-refractivity contribution >= 4 is 12.0 Å². The number of hydrogen-bond acceptors (Lipinski definition) is 2. The summed E-state index contributed by atoms with van der Waals surface area (Å²) in [7, 11) is 0. The number of carboxylic acids is 1. The molecular formula is C14H26N2O3. The molecule has 1 fully saturated rings. The van der Waals surface area contributed by atoms with Gasteiger partial charge in [0.15, 0.2) is 0 Å². The smallest absolute Gasteiger partial charge is 0.326 e. The predicted octanol–water partition coefficient (Wildman–Crippen LogP) is 2.37. The van der Waals surface area contributed by atoms with Crippen LogP contribution in [0.2, 0.25) is 0 Å². The fourth-order valence-electron chi connectivity index (χ4n) is 2.76. The third kappa shape index (κ3) is 5.94. The van der Waals surface area contributed by atoms with Crippen molar-refractivity contribution in [2.45, 2.75) is 58.4 Å². The molecular weight excluding hydrogens is 244 g/mol. The summed E-state index contributed by atoms with van der Waals surface area (Å²) in [6.07, 6.45) is 6.48. The van der Waals surface area contributed by atoms with E-state index in [4.69, 9.17) is 5.11 Å². The van der Waals surface area contributed by atoms with Gasteiger partial charge in [0.25, 0.3) is 0 Å². The maximum atomic E-state index is 11.5. The lowest BCUT2D eigenvalue weighted by atomic mass is 9.81. The molecule has 5 heteroatoms. The second kappa shape index (κ2) is 8.02. The average Bonchev–Trinajstić information content (AvgIpc) is 2.35. The van der Waals surface area contributed by atoms with Crippen molar-refractivity contribution in [3.63, 3.8) is 0 Å². The van der Waals surface area contributed by atoms with Gasteiger partial charge in [-0.1, -0.05) is 33.1 Å². The number of rotatable bonds is 6. The molecule has 0 radical (unpaired) electrons. The zero-order valence-electron chi connectivity index (χ0n) is 11.9. The van der Waals surface area contributed by atoms with Crippen LogP contribution in [0.1, 0.15) is 52.4 Å². The van der Waals surface area contributed by atoms with E-state index < -0.39 is 12.0 Å². The molecule has 1 aliphatic rings. The SMILES string of the molecule is CCC(NC(=O)NCCC1CCCC(C)C1)C(=O)O. The van der Waals surface area contributed by atoms with Crippen LogP contribution in [-0.2, 0) is 4.79 Å². The van der Waals surface area contributed by atoms with Crippen LogP contribution in [0.3, 0.4) is 0 Å². The number of carbonyl (C=O) groups is 2. The number of carboxylic acid groups (broad SMARTS) is 1. The molecule has 0 bridgehead atoms. The highest BCUT2D eigenvalue weighted by molar-refractivity contribution is 5.82. The second-order valence-corrected chi connectivity index (χ2v) is 5.63. The van der Waals surface area contributed by atoms with Crippen molar-refractivity contribution in [1.82, 2.24) is 10.6 Å². The number of nitrogens with one attached hydrogen (secondary N) is 2. The molecule has 0 heterocycles. The summed E-state index contributed by atoms with van der Waals surface area (Å²) in [5.74, 6) is 0.508. The molecule has 3 atom stereocenters. The third-order valence-electron chi connectivity index (χ3n) is 3.89. The van der Waals surface area contributed by atoms with Crippen molar-refractivity contribution in [1.29, 1.82) is 0 Å². The van der Waals surface area contributed by atoms with Crippen LogP contribution in [0.4, 0.5) is 4.79 Å². The summed E-state index contributed by atoms with van der Waals surface area (Å²) in [5.41, 5.74) is 0. The van der Waals surface area contributed by atoms with Gasteiger partial charge in [-0.25, -0.2) is 9.59 Å². The van der Waals surface area contributed by atoms with Crippen molar-refractivity contribution in [2.24, 2.45) is 11.8 Å². The third-order valence-corrected chi connectivity index (χ3v) is 3.89. The normalized spacial score (nSPS) is 24.5. The molecule has 0 spiro atoms. The first-order valence-electron chi connectivity index (χ1n) is 7.30. The second-order valence-electron chi connectivity index (χ2n) is 5.63. The Morgan fingerprint density at radius 2 is 2.11 bits per heavy atom. The molecule has 0 saturated heterocycles. The van der Waals surface area contributed by atoms with E-state index in [0.717, 1.165) is 12.3 Å². The maximum absolute atomic E-state index is 11.5. The molecule has 1 aliphatic carbocycles. The zero-order valence-corrected chi connectivity index (χ0v) is 11.9. The molecule has 1 rings (SSSR count). The molecule has 5 nitrogen and oxygen atoms in total. The molecule has 0 aromatic heterocycles. The highest BCUT2D eigenvalue weighted by Crippen LogP contribution is 2.30. The van der Waals surface area contributed by atoms with E-state index in [1.165, 1.54) is 25.7 Å². The maximum Gasteiger partial charge on any atom is 0.326 e. The molecule has 110 valence electrons. The lowest BCUT2D eigenvalue weighted by molar-refractivity contribution is -0.139. The van der Waals surface area contributed by atoms with Crippen LogP contribution in [0, 0.1) is 11.8 Å². The quantitative estimate of drug-likeness (QED) is 0.693. The van der Waals surface area contributed by atoms with Gasteiger partial charge >= 0.3 is 12.0 Å². The number of amides is 2. The molecule has 0 aromatic rings. The lowest BCUT2D eigenvalue weighted by Gasteiger charge is -2.26. The molecule has 3 unspecified atom stereocenters. The van der Waals surface area contributed by atoms with Gasteiger partial charge in [-0.3, -0.25) is 0 Å². The number of carbonyl (C=O) groups excluding carboxylic acids is 1. The Labute approximate surface area is 115 Å². The topological polar surface area (TPSA) is 78.4 Å². The fourth-order valence-corrected chi connectivity index (χ4v) is 2.76. The van der Waals surface area contributed by atoms with E-state index in [1.807, 2.05) is 0 Å². The van der Waals surface area contributed by atoms with E-state index in [0.29, 0.717) is 18.9 Å². The van der Waals surface area contributed by atoms with Gasteiger partial charge in [0.05, 0.1) is 0 Å². The van der Waals surface area contributed by atoms with Crippen LogP contribution >= 0.6 is 0 Å². The Bertz CT molecular complexity index is 307. The summed E-state index contributed by atoms with van der Waals surface area (Å²) in [4.78, 5) is 22.3. The minimum absolute atomic E-state index is 0.377. The van der Waals surface area contributed by atoms with E-state index in [1.54, 1.807) is 6.92 Å². The summed E-state index contributed by atoms with van der Waals surface area (Å²) < 4.78 is 0. The number of urea groups is 1. The summed E-state index contributed by atoms with van der Waals surface area (Å²) >= 11 is 0. The largest absolute Gasteiger partial charge is 0.480 e. The van der Waals surface area contributed by atoms with Gasteiger partial charge in [0, 0.05) is 6.54 Å². The first-order valence-corrected chi connectivity index (χ1v) is 7.30. The fraction of sp³-hybridized carbons (Fsp3) is 0.857. The van der Waals surface area contributed by atoms with Crippen molar-refractivity contribution in [2.75, 3.05) is 6.54 Å². The monoisotopic (exact) mass is 270 g/mol. The van der Waals surface area contributed by atoms with E-state index >= 15 is 0 Å². The predicted molar refractivity (Wildman–Crippen MR) is 74.0 cm³/mol. The van der Waals surface area contributed by atoms with E-state index in [-0.39, 0.29) is 6.03 Å². The van der Waals surface area contributed by atoms with Crippen LogP contribution < -0.4 is 10.6 Å². The Morgan fingerprint density at radius 1 is 1.37 bits per heavy atom.